The van der Waals surface area contributed by atoms with Gasteiger partial charge in [-0.1, -0.05) is 13.8 Å². The minimum atomic E-state index is -0.943. The summed E-state index contributed by atoms with van der Waals surface area (Å²) in [6.45, 7) is 3.61. The lowest BCUT2D eigenvalue weighted by Crippen LogP contribution is -2.08. The van der Waals surface area contributed by atoms with Gasteiger partial charge in [0.2, 0.25) is 0 Å². The molecule has 0 aliphatic carbocycles. The van der Waals surface area contributed by atoms with Crippen molar-refractivity contribution in [2.45, 2.75) is 32.1 Å². The summed E-state index contributed by atoms with van der Waals surface area (Å²) < 4.78 is 27.2. The smallest absolute Gasteiger partial charge is 0.194 e. The maximum absolute atomic E-state index is 13.6. The first-order valence-corrected chi connectivity index (χ1v) is 7.19. The molecule has 0 aromatic heterocycles. The Labute approximate surface area is 132 Å². The average molecular weight is 324 g/mol. The summed E-state index contributed by atoms with van der Waals surface area (Å²) in [5, 5.41) is 37.7. The minimum absolute atomic E-state index is 0.292. The van der Waals surface area contributed by atoms with Crippen molar-refractivity contribution in [2.75, 3.05) is 0 Å². The monoisotopic (exact) mass is 324 g/mol. The van der Waals surface area contributed by atoms with Gasteiger partial charge in [0.05, 0.1) is 0 Å². The van der Waals surface area contributed by atoms with Crippen LogP contribution in [0.5, 0.6) is 23.0 Å². The molecule has 0 aliphatic rings. The van der Waals surface area contributed by atoms with Gasteiger partial charge < -0.3 is 20.4 Å². The standard InChI is InChI=1S/C17H18F2O4/c1-3-11(10-5-13(19)17(23)15(21)7-10)8(2)9-4-12(18)16(22)14(20)6-9/h4-8,11,20-23H,3H2,1-2H3. The molecule has 2 atom stereocenters. The Morgan fingerprint density at radius 3 is 1.70 bits per heavy atom. The van der Waals surface area contributed by atoms with Crippen LogP contribution in [0.15, 0.2) is 24.3 Å². The fourth-order valence-corrected chi connectivity index (χ4v) is 2.80. The molecule has 0 spiro atoms. The lowest BCUT2D eigenvalue weighted by molar-refractivity contribution is 0.374. The van der Waals surface area contributed by atoms with Crippen molar-refractivity contribution in [3.63, 3.8) is 0 Å². The van der Waals surface area contributed by atoms with Crippen molar-refractivity contribution in [1.29, 1.82) is 0 Å². The van der Waals surface area contributed by atoms with Crippen LogP contribution in [0.25, 0.3) is 0 Å². The average Bonchev–Trinajstić information content (AvgIpc) is 2.50. The highest BCUT2D eigenvalue weighted by Gasteiger charge is 2.24. The first-order valence-electron chi connectivity index (χ1n) is 7.19. The summed E-state index contributed by atoms with van der Waals surface area (Å²) in [5.74, 6) is -5.27. The number of halogens is 2. The minimum Gasteiger partial charge on any atom is -0.504 e. The van der Waals surface area contributed by atoms with Gasteiger partial charge in [-0.05, 0) is 53.6 Å². The third kappa shape index (κ3) is 3.16. The van der Waals surface area contributed by atoms with Crippen molar-refractivity contribution >= 4 is 0 Å². The van der Waals surface area contributed by atoms with E-state index < -0.39 is 34.6 Å². The molecular formula is C17H18F2O4. The summed E-state index contributed by atoms with van der Waals surface area (Å²) in [7, 11) is 0. The molecule has 2 rings (SSSR count). The molecular weight excluding hydrogens is 306 g/mol. The first kappa shape index (κ1) is 16.9. The van der Waals surface area contributed by atoms with Crippen LogP contribution < -0.4 is 0 Å². The van der Waals surface area contributed by atoms with Crippen LogP contribution in [0.3, 0.4) is 0 Å². The number of hydrogen-bond donors (Lipinski definition) is 4. The largest absolute Gasteiger partial charge is 0.504 e. The number of aromatic hydroxyl groups is 4. The van der Waals surface area contributed by atoms with Gasteiger partial charge >= 0.3 is 0 Å². The van der Waals surface area contributed by atoms with E-state index in [0.29, 0.717) is 17.5 Å². The van der Waals surface area contributed by atoms with E-state index in [4.69, 9.17) is 0 Å². The molecule has 0 saturated carbocycles. The van der Waals surface area contributed by atoms with E-state index in [2.05, 4.69) is 0 Å². The molecule has 0 aliphatic heterocycles. The molecule has 0 radical (unpaired) electrons. The lowest BCUT2D eigenvalue weighted by atomic mass is 9.80. The molecule has 0 fully saturated rings. The Bertz CT molecular complexity index is 685. The van der Waals surface area contributed by atoms with Gasteiger partial charge in [0, 0.05) is 0 Å². The van der Waals surface area contributed by atoms with Crippen molar-refractivity contribution in [3.8, 4) is 23.0 Å². The lowest BCUT2D eigenvalue weighted by Gasteiger charge is -2.24. The number of benzene rings is 2. The summed E-state index contributed by atoms with van der Waals surface area (Å²) in [4.78, 5) is 0. The molecule has 0 bridgehead atoms. The predicted octanol–water partition coefficient (Wildman–Crippen LogP) is 4.08. The molecule has 4 N–H and O–H groups in total. The van der Waals surface area contributed by atoms with Crippen molar-refractivity contribution in [3.05, 3.63) is 47.0 Å². The molecule has 0 heterocycles. The van der Waals surface area contributed by atoms with Gasteiger partial charge in [-0.2, -0.15) is 0 Å². The molecule has 0 saturated heterocycles. The normalized spacial score (nSPS) is 13.7. The highest BCUT2D eigenvalue weighted by molar-refractivity contribution is 5.46. The van der Waals surface area contributed by atoms with E-state index in [0.717, 1.165) is 12.1 Å². The maximum Gasteiger partial charge on any atom is 0.194 e. The van der Waals surface area contributed by atoms with Crippen LogP contribution >= 0.6 is 0 Å². The predicted molar refractivity (Wildman–Crippen MR) is 80.9 cm³/mol. The van der Waals surface area contributed by atoms with Crippen molar-refractivity contribution in [1.82, 2.24) is 0 Å². The molecule has 6 heteroatoms. The third-order valence-corrected chi connectivity index (χ3v) is 4.13. The second-order valence-corrected chi connectivity index (χ2v) is 5.54. The third-order valence-electron chi connectivity index (χ3n) is 4.13. The van der Waals surface area contributed by atoms with Crippen LogP contribution in [0, 0.1) is 11.6 Å². The quantitative estimate of drug-likeness (QED) is 0.639. The van der Waals surface area contributed by atoms with Gasteiger partial charge in [0.15, 0.2) is 34.6 Å². The Morgan fingerprint density at radius 2 is 1.26 bits per heavy atom. The number of hydrogen-bond acceptors (Lipinski definition) is 4. The van der Waals surface area contributed by atoms with E-state index >= 15 is 0 Å². The van der Waals surface area contributed by atoms with E-state index in [1.807, 2.05) is 6.92 Å². The van der Waals surface area contributed by atoms with Crippen LogP contribution in [0.1, 0.15) is 43.2 Å². The van der Waals surface area contributed by atoms with Gasteiger partial charge in [-0.25, -0.2) is 8.78 Å². The molecule has 0 amide bonds. The maximum atomic E-state index is 13.6. The zero-order valence-corrected chi connectivity index (χ0v) is 12.7. The summed E-state index contributed by atoms with van der Waals surface area (Å²) >= 11 is 0. The van der Waals surface area contributed by atoms with E-state index in [1.54, 1.807) is 6.92 Å². The second kappa shape index (κ2) is 6.32. The van der Waals surface area contributed by atoms with Crippen molar-refractivity contribution < 1.29 is 29.2 Å². The van der Waals surface area contributed by atoms with E-state index in [-0.39, 0.29) is 11.8 Å². The Kier molecular flexibility index (Phi) is 4.63. The SMILES string of the molecule is CCC(c1cc(O)c(O)c(F)c1)C(C)c1cc(O)c(O)c(F)c1. The summed E-state index contributed by atoms with van der Waals surface area (Å²) in [6.07, 6.45) is 0.550. The fourth-order valence-electron chi connectivity index (χ4n) is 2.80. The molecule has 23 heavy (non-hydrogen) atoms. The molecule has 124 valence electrons. The Hall–Kier alpha value is -2.50. The molecule has 2 aromatic rings. The fraction of sp³-hybridized carbons (Fsp3) is 0.294. The van der Waals surface area contributed by atoms with Gasteiger partial charge in [-0.15, -0.1) is 0 Å². The Morgan fingerprint density at radius 1 is 0.826 bits per heavy atom. The van der Waals surface area contributed by atoms with Crippen LogP contribution in [-0.4, -0.2) is 20.4 Å². The molecule has 4 nitrogen and oxygen atoms in total. The van der Waals surface area contributed by atoms with Gasteiger partial charge in [0.1, 0.15) is 0 Å². The highest BCUT2D eigenvalue weighted by Crippen LogP contribution is 2.41. The second-order valence-electron chi connectivity index (χ2n) is 5.54. The molecule has 2 unspecified atom stereocenters. The number of phenolic OH excluding ortho intramolecular Hbond substituents is 4. The van der Waals surface area contributed by atoms with E-state index in [1.165, 1.54) is 12.1 Å². The number of phenols is 4. The summed E-state index contributed by atoms with van der Waals surface area (Å²) in [5.41, 5.74) is 0.874. The van der Waals surface area contributed by atoms with Crippen LogP contribution in [0.4, 0.5) is 8.78 Å². The van der Waals surface area contributed by atoms with Crippen LogP contribution in [-0.2, 0) is 0 Å². The Balaban J connectivity index is 2.45. The first-order chi connectivity index (χ1) is 10.8. The van der Waals surface area contributed by atoms with E-state index in [9.17, 15) is 29.2 Å². The molecule has 2 aromatic carbocycles. The van der Waals surface area contributed by atoms with Gasteiger partial charge in [-0.3, -0.25) is 0 Å². The zero-order chi connectivity index (χ0) is 17.3. The van der Waals surface area contributed by atoms with Gasteiger partial charge in [0.25, 0.3) is 0 Å². The number of rotatable bonds is 4. The van der Waals surface area contributed by atoms with Crippen LogP contribution in [0.2, 0.25) is 0 Å². The topological polar surface area (TPSA) is 80.9 Å². The summed E-state index contributed by atoms with van der Waals surface area (Å²) in [6, 6.07) is 4.75. The zero-order valence-electron chi connectivity index (χ0n) is 12.7. The highest BCUT2D eigenvalue weighted by atomic mass is 19.1. The van der Waals surface area contributed by atoms with Crippen molar-refractivity contribution in [2.24, 2.45) is 0 Å².